The fraction of sp³-hybridized carbons (Fsp3) is 0.786. The fourth-order valence-corrected chi connectivity index (χ4v) is 2.95. The van der Waals surface area contributed by atoms with Crippen molar-refractivity contribution in [2.45, 2.75) is 58.9 Å². The SMILES string of the molecule is CCC1CCC(N2C(=O)NC(=O)C(C)(C)C2=O)CC1. The van der Waals surface area contributed by atoms with Gasteiger partial charge in [-0.05, 0) is 45.4 Å². The molecule has 2 fully saturated rings. The van der Waals surface area contributed by atoms with Crippen LogP contribution in [0.3, 0.4) is 0 Å². The first kappa shape index (κ1) is 14.0. The summed E-state index contributed by atoms with van der Waals surface area (Å²) in [6.45, 7) is 5.31. The number of nitrogens with zero attached hydrogens (tertiary/aromatic N) is 1. The van der Waals surface area contributed by atoms with E-state index in [0.29, 0.717) is 5.92 Å². The molecule has 19 heavy (non-hydrogen) atoms. The first-order valence-corrected chi connectivity index (χ1v) is 7.07. The molecule has 0 spiro atoms. The molecule has 106 valence electrons. The van der Waals surface area contributed by atoms with Gasteiger partial charge in [-0.2, -0.15) is 0 Å². The highest BCUT2D eigenvalue weighted by atomic mass is 16.2. The van der Waals surface area contributed by atoms with Crippen molar-refractivity contribution in [3.63, 3.8) is 0 Å². The molecule has 0 aromatic carbocycles. The molecule has 2 rings (SSSR count). The summed E-state index contributed by atoms with van der Waals surface area (Å²) in [7, 11) is 0. The van der Waals surface area contributed by atoms with Crippen LogP contribution in [0.1, 0.15) is 52.9 Å². The quantitative estimate of drug-likeness (QED) is 0.778. The number of hydrogen-bond acceptors (Lipinski definition) is 3. The monoisotopic (exact) mass is 266 g/mol. The molecule has 5 heteroatoms. The number of rotatable bonds is 2. The Morgan fingerprint density at radius 1 is 1.16 bits per heavy atom. The number of urea groups is 1. The van der Waals surface area contributed by atoms with Crippen LogP contribution in [0.4, 0.5) is 4.79 Å². The second-order valence-electron chi connectivity index (χ2n) is 6.14. The van der Waals surface area contributed by atoms with Crippen LogP contribution in [0.5, 0.6) is 0 Å². The van der Waals surface area contributed by atoms with Gasteiger partial charge in [0.1, 0.15) is 5.41 Å². The topological polar surface area (TPSA) is 66.5 Å². The molecule has 0 atom stereocenters. The molecule has 0 aromatic heterocycles. The van der Waals surface area contributed by atoms with Crippen molar-refractivity contribution in [3.8, 4) is 0 Å². The molecular formula is C14H22N2O3. The van der Waals surface area contributed by atoms with E-state index >= 15 is 0 Å². The van der Waals surface area contributed by atoms with Crippen molar-refractivity contribution in [1.29, 1.82) is 0 Å². The zero-order valence-corrected chi connectivity index (χ0v) is 11.9. The summed E-state index contributed by atoms with van der Waals surface area (Å²) in [5.41, 5.74) is -1.14. The third-order valence-corrected chi connectivity index (χ3v) is 4.52. The highest BCUT2D eigenvalue weighted by molar-refractivity contribution is 6.18. The summed E-state index contributed by atoms with van der Waals surface area (Å²) in [6, 6.07) is -0.600. The maximum Gasteiger partial charge on any atom is 0.331 e. The largest absolute Gasteiger partial charge is 0.331 e. The third kappa shape index (κ3) is 2.38. The van der Waals surface area contributed by atoms with Crippen LogP contribution in [-0.2, 0) is 9.59 Å². The predicted octanol–water partition coefficient (Wildman–Crippen LogP) is 2.06. The number of imide groups is 2. The van der Waals surface area contributed by atoms with Gasteiger partial charge < -0.3 is 0 Å². The van der Waals surface area contributed by atoms with Gasteiger partial charge in [-0.1, -0.05) is 13.3 Å². The number of carbonyl (C=O) groups is 3. The molecular weight excluding hydrogens is 244 g/mol. The Morgan fingerprint density at radius 2 is 1.74 bits per heavy atom. The average molecular weight is 266 g/mol. The summed E-state index contributed by atoms with van der Waals surface area (Å²) in [5.74, 6) is -0.156. The lowest BCUT2D eigenvalue weighted by Crippen LogP contribution is -2.64. The first-order valence-electron chi connectivity index (χ1n) is 7.07. The Kier molecular flexibility index (Phi) is 3.65. The molecule has 0 unspecified atom stereocenters. The predicted molar refractivity (Wildman–Crippen MR) is 70.2 cm³/mol. The van der Waals surface area contributed by atoms with Crippen LogP contribution in [0.15, 0.2) is 0 Å². The van der Waals surface area contributed by atoms with Gasteiger partial charge in [0.25, 0.3) is 0 Å². The Hall–Kier alpha value is -1.39. The van der Waals surface area contributed by atoms with Gasteiger partial charge in [-0.3, -0.25) is 19.8 Å². The van der Waals surface area contributed by atoms with Crippen molar-refractivity contribution >= 4 is 17.8 Å². The molecule has 1 saturated carbocycles. The van der Waals surface area contributed by atoms with Crippen LogP contribution < -0.4 is 5.32 Å². The molecule has 1 aliphatic heterocycles. The van der Waals surface area contributed by atoms with E-state index in [1.165, 1.54) is 4.90 Å². The average Bonchev–Trinajstić information content (AvgIpc) is 2.38. The molecule has 5 nitrogen and oxygen atoms in total. The lowest BCUT2D eigenvalue weighted by molar-refractivity contribution is -0.151. The Labute approximate surface area is 113 Å². The Balaban J connectivity index is 2.13. The zero-order valence-electron chi connectivity index (χ0n) is 11.9. The minimum absolute atomic E-state index is 0.0531. The second kappa shape index (κ2) is 4.94. The van der Waals surface area contributed by atoms with Gasteiger partial charge in [-0.15, -0.1) is 0 Å². The van der Waals surface area contributed by atoms with Crippen LogP contribution in [0.25, 0.3) is 0 Å². The van der Waals surface area contributed by atoms with E-state index < -0.39 is 17.4 Å². The summed E-state index contributed by atoms with van der Waals surface area (Å²) < 4.78 is 0. The molecule has 2 aliphatic rings. The van der Waals surface area contributed by atoms with E-state index in [1.807, 2.05) is 0 Å². The maximum atomic E-state index is 12.4. The summed E-state index contributed by atoms with van der Waals surface area (Å²) in [4.78, 5) is 37.3. The van der Waals surface area contributed by atoms with Gasteiger partial charge in [-0.25, -0.2) is 4.79 Å². The van der Waals surface area contributed by atoms with E-state index in [-0.39, 0.29) is 11.9 Å². The first-order chi connectivity index (χ1) is 8.87. The number of nitrogens with one attached hydrogen (secondary N) is 1. The lowest BCUT2D eigenvalue weighted by Gasteiger charge is -2.41. The number of amides is 4. The number of hydrogen-bond donors (Lipinski definition) is 1. The van der Waals surface area contributed by atoms with Crippen molar-refractivity contribution in [1.82, 2.24) is 10.2 Å². The Morgan fingerprint density at radius 3 is 2.26 bits per heavy atom. The highest BCUT2D eigenvalue weighted by Crippen LogP contribution is 2.33. The molecule has 0 bridgehead atoms. The molecule has 0 aromatic rings. The molecule has 1 heterocycles. The van der Waals surface area contributed by atoms with Crippen molar-refractivity contribution in [3.05, 3.63) is 0 Å². The number of barbiturate groups is 1. The van der Waals surface area contributed by atoms with E-state index in [1.54, 1.807) is 13.8 Å². The van der Waals surface area contributed by atoms with E-state index in [4.69, 9.17) is 0 Å². The van der Waals surface area contributed by atoms with Crippen LogP contribution in [0.2, 0.25) is 0 Å². The highest BCUT2D eigenvalue weighted by Gasteiger charge is 2.49. The second-order valence-corrected chi connectivity index (χ2v) is 6.14. The van der Waals surface area contributed by atoms with Gasteiger partial charge in [0, 0.05) is 6.04 Å². The van der Waals surface area contributed by atoms with E-state index in [0.717, 1.165) is 32.1 Å². The summed E-state index contributed by atoms with van der Waals surface area (Å²) >= 11 is 0. The molecule has 1 N–H and O–H groups in total. The zero-order chi connectivity index (χ0) is 14.2. The van der Waals surface area contributed by atoms with Gasteiger partial charge in [0.15, 0.2) is 0 Å². The molecule has 1 saturated heterocycles. The third-order valence-electron chi connectivity index (χ3n) is 4.52. The maximum absolute atomic E-state index is 12.4. The normalized spacial score (nSPS) is 31.3. The summed E-state index contributed by atoms with van der Waals surface area (Å²) in [5, 5.41) is 2.30. The molecule has 0 radical (unpaired) electrons. The smallest absolute Gasteiger partial charge is 0.277 e. The van der Waals surface area contributed by atoms with Crippen molar-refractivity contribution in [2.24, 2.45) is 11.3 Å². The van der Waals surface area contributed by atoms with Crippen LogP contribution in [0, 0.1) is 11.3 Å². The van der Waals surface area contributed by atoms with Gasteiger partial charge in [0.2, 0.25) is 11.8 Å². The summed E-state index contributed by atoms with van der Waals surface area (Å²) in [6.07, 6.45) is 4.94. The minimum Gasteiger partial charge on any atom is -0.277 e. The van der Waals surface area contributed by atoms with Crippen molar-refractivity contribution < 1.29 is 14.4 Å². The Bertz CT molecular complexity index is 409. The fourth-order valence-electron chi connectivity index (χ4n) is 2.95. The van der Waals surface area contributed by atoms with Gasteiger partial charge >= 0.3 is 6.03 Å². The minimum atomic E-state index is -1.14. The van der Waals surface area contributed by atoms with E-state index in [2.05, 4.69) is 12.2 Å². The van der Waals surface area contributed by atoms with E-state index in [9.17, 15) is 14.4 Å². The molecule has 4 amide bonds. The van der Waals surface area contributed by atoms with Gasteiger partial charge in [0.05, 0.1) is 0 Å². The van der Waals surface area contributed by atoms with Crippen LogP contribution in [-0.4, -0.2) is 28.8 Å². The number of carbonyl (C=O) groups excluding carboxylic acids is 3. The molecule has 1 aliphatic carbocycles. The lowest BCUT2D eigenvalue weighted by atomic mass is 9.82. The van der Waals surface area contributed by atoms with Crippen LogP contribution >= 0.6 is 0 Å². The van der Waals surface area contributed by atoms with Crippen molar-refractivity contribution in [2.75, 3.05) is 0 Å². The standard InChI is InChI=1S/C14H22N2O3/c1-4-9-5-7-10(8-6-9)16-12(18)14(2,3)11(17)15-13(16)19/h9-10H,4-8H2,1-3H3,(H,15,17,19).